The smallest absolute Gasteiger partial charge is 0.276 e. The Bertz CT molecular complexity index is 577. The fourth-order valence-electron chi connectivity index (χ4n) is 1.65. The summed E-state index contributed by atoms with van der Waals surface area (Å²) in [4.78, 5) is 21.6. The molecule has 0 saturated heterocycles. The highest BCUT2D eigenvalue weighted by Crippen LogP contribution is 2.22. The lowest BCUT2D eigenvalue weighted by Gasteiger charge is -2.02. The van der Waals surface area contributed by atoms with Crippen LogP contribution in [0.3, 0.4) is 0 Å². The summed E-state index contributed by atoms with van der Waals surface area (Å²) < 4.78 is 0. The number of thiazole rings is 1. The maximum absolute atomic E-state index is 12.0. The summed E-state index contributed by atoms with van der Waals surface area (Å²) in [5.74, 6) is -0.237. The van der Waals surface area contributed by atoms with Crippen molar-refractivity contribution in [3.63, 3.8) is 0 Å². The van der Waals surface area contributed by atoms with Crippen molar-refractivity contribution in [3.05, 3.63) is 34.6 Å². The van der Waals surface area contributed by atoms with Gasteiger partial charge in [0.1, 0.15) is 5.69 Å². The molecule has 0 bridgehead atoms. The lowest BCUT2D eigenvalue weighted by atomic mass is 10.3. The SMILES string of the molecule is CCc1nc(NC(=O)c2ccc(NC)cn2)sc1C. The van der Waals surface area contributed by atoms with E-state index in [0.717, 1.165) is 22.7 Å². The Kier molecular flexibility index (Phi) is 4.11. The Morgan fingerprint density at radius 1 is 1.42 bits per heavy atom. The van der Waals surface area contributed by atoms with E-state index < -0.39 is 0 Å². The fraction of sp³-hybridized carbons (Fsp3) is 0.308. The number of amides is 1. The second-order valence-electron chi connectivity index (χ2n) is 4.01. The summed E-state index contributed by atoms with van der Waals surface area (Å²) in [7, 11) is 1.81. The third-order valence-electron chi connectivity index (χ3n) is 2.73. The first kappa shape index (κ1) is 13.5. The summed E-state index contributed by atoms with van der Waals surface area (Å²) in [6.45, 7) is 4.05. The molecule has 0 saturated carbocycles. The average Bonchev–Trinajstić information content (AvgIpc) is 2.78. The number of anilines is 2. The van der Waals surface area contributed by atoms with E-state index in [1.54, 1.807) is 19.3 Å². The van der Waals surface area contributed by atoms with Gasteiger partial charge in [0.2, 0.25) is 0 Å². The Morgan fingerprint density at radius 2 is 2.21 bits per heavy atom. The number of carbonyl (C=O) groups excluding carboxylic acids is 1. The first-order valence-corrected chi connectivity index (χ1v) is 6.87. The number of aryl methyl sites for hydroxylation is 2. The number of nitrogens with one attached hydrogen (secondary N) is 2. The van der Waals surface area contributed by atoms with Gasteiger partial charge in [-0.1, -0.05) is 6.92 Å². The van der Waals surface area contributed by atoms with Gasteiger partial charge in [-0.25, -0.2) is 9.97 Å². The summed E-state index contributed by atoms with van der Waals surface area (Å²) in [6, 6.07) is 3.49. The third kappa shape index (κ3) is 3.08. The van der Waals surface area contributed by atoms with Gasteiger partial charge in [0.05, 0.1) is 17.6 Å². The lowest BCUT2D eigenvalue weighted by molar-refractivity contribution is 0.102. The van der Waals surface area contributed by atoms with Gasteiger partial charge in [0.25, 0.3) is 5.91 Å². The normalized spacial score (nSPS) is 10.3. The van der Waals surface area contributed by atoms with Gasteiger partial charge in [0.15, 0.2) is 5.13 Å². The van der Waals surface area contributed by atoms with E-state index in [2.05, 4.69) is 20.6 Å². The van der Waals surface area contributed by atoms with Crippen molar-refractivity contribution in [2.24, 2.45) is 0 Å². The summed E-state index contributed by atoms with van der Waals surface area (Å²) in [5.41, 5.74) is 2.28. The van der Waals surface area contributed by atoms with E-state index in [-0.39, 0.29) is 5.91 Å². The molecular weight excluding hydrogens is 260 g/mol. The number of hydrogen-bond donors (Lipinski definition) is 2. The van der Waals surface area contributed by atoms with Crippen molar-refractivity contribution >= 4 is 28.1 Å². The number of aromatic nitrogens is 2. The van der Waals surface area contributed by atoms with Crippen LogP contribution >= 0.6 is 11.3 Å². The minimum Gasteiger partial charge on any atom is -0.387 e. The lowest BCUT2D eigenvalue weighted by Crippen LogP contribution is -2.13. The van der Waals surface area contributed by atoms with E-state index in [0.29, 0.717) is 10.8 Å². The maximum atomic E-state index is 12.0. The molecule has 0 spiro atoms. The molecule has 100 valence electrons. The number of pyridine rings is 1. The van der Waals surface area contributed by atoms with Crippen LogP contribution in [0.4, 0.5) is 10.8 Å². The number of rotatable bonds is 4. The van der Waals surface area contributed by atoms with E-state index in [9.17, 15) is 4.79 Å². The zero-order valence-corrected chi connectivity index (χ0v) is 12.0. The van der Waals surface area contributed by atoms with Crippen molar-refractivity contribution in [2.75, 3.05) is 17.7 Å². The van der Waals surface area contributed by atoms with Crippen LogP contribution in [-0.2, 0) is 6.42 Å². The molecule has 1 amide bonds. The van der Waals surface area contributed by atoms with Crippen LogP contribution in [0.25, 0.3) is 0 Å². The predicted octanol–water partition coefficient (Wildman–Crippen LogP) is 2.70. The zero-order valence-electron chi connectivity index (χ0n) is 11.2. The Morgan fingerprint density at radius 3 is 2.74 bits per heavy atom. The molecule has 0 aliphatic carbocycles. The van der Waals surface area contributed by atoms with Crippen LogP contribution in [0.2, 0.25) is 0 Å². The van der Waals surface area contributed by atoms with Gasteiger partial charge in [-0.05, 0) is 25.5 Å². The van der Waals surface area contributed by atoms with Crippen LogP contribution in [0, 0.1) is 6.92 Å². The molecule has 2 rings (SSSR count). The van der Waals surface area contributed by atoms with Crippen molar-refractivity contribution in [3.8, 4) is 0 Å². The monoisotopic (exact) mass is 276 g/mol. The molecule has 0 atom stereocenters. The van der Waals surface area contributed by atoms with Crippen LogP contribution < -0.4 is 10.6 Å². The Hall–Kier alpha value is -1.95. The minimum absolute atomic E-state index is 0.237. The first-order chi connectivity index (χ1) is 9.13. The molecule has 5 nitrogen and oxygen atoms in total. The third-order valence-corrected chi connectivity index (χ3v) is 3.66. The van der Waals surface area contributed by atoms with E-state index in [1.165, 1.54) is 11.3 Å². The van der Waals surface area contributed by atoms with Crippen molar-refractivity contribution < 1.29 is 4.79 Å². The summed E-state index contributed by atoms with van der Waals surface area (Å²) in [6.07, 6.45) is 2.49. The average molecular weight is 276 g/mol. The quantitative estimate of drug-likeness (QED) is 0.901. The van der Waals surface area contributed by atoms with Gasteiger partial charge in [-0.3, -0.25) is 10.1 Å². The molecule has 19 heavy (non-hydrogen) atoms. The zero-order chi connectivity index (χ0) is 13.8. The van der Waals surface area contributed by atoms with Gasteiger partial charge in [-0.15, -0.1) is 11.3 Å². The predicted molar refractivity (Wildman–Crippen MR) is 78.0 cm³/mol. The molecule has 2 aromatic rings. The molecule has 2 heterocycles. The van der Waals surface area contributed by atoms with E-state index in [1.807, 2.05) is 19.9 Å². The van der Waals surface area contributed by atoms with Crippen molar-refractivity contribution in [2.45, 2.75) is 20.3 Å². The number of nitrogens with zero attached hydrogens (tertiary/aromatic N) is 2. The van der Waals surface area contributed by atoms with E-state index in [4.69, 9.17) is 0 Å². The van der Waals surface area contributed by atoms with Gasteiger partial charge in [0, 0.05) is 11.9 Å². The molecular formula is C13H16N4OS. The first-order valence-electron chi connectivity index (χ1n) is 6.05. The second-order valence-corrected chi connectivity index (χ2v) is 5.21. The standard InChI is InChI=1S/C13H16N4OS/c1-4-10-8(2)19-13(16-10)17-12(18)11-6-5-9(14-3)7-15-11/h5-7,14H,4H2,1-3H3,(H,16,17,18). The Labute approximate surface area is 116 Å². The van der Waals surface area contributed by atoms with Gasteiger partial charge >= 0.3 is 0 Å². The topological polar surface area (TPSA) is 66.9 Å². The molecule has 0 aliphatic rings. The van der Waals surface area contributed by atoms with Gasteiger partial charge < -0.3 is 5.32 Å². The highest BCUT2D eigenvalue weighted by atomic mass is 32.1. The largest absolute Gasteiger partial charge is 0.387 e. The van der Waals surface area contributed by atoms with Crippen LogP contribution in [0.5, 0.6) is 0 Å². The van der Waals surface area contributed by atoms with Crippen LogP contribution in [0.15, 0.2) is 18.3 Å². The van der Waals surface area contributed by atoms with Gasteiger partial charge in [-0.2, -0.15) is 0 Å². The van der Waals surface area contributed by atoms with Crippen molar-refractivity contribution in [1.82, 2.24) is 9.97 Å². The minimum atomic E-state index is -0.237. The number of hydrogen-bond acceptors (Lipinski definition) is 5. The molecule has 0 radical (unpaired) electrons. The molecule has 6 heteroatoms. The molecule has 0 aromatic carbocycles. The molecule has 2 aromatic heterocycles. The van der Waals surface area contributed by atoms with E-state index >= 15 is 0 Å². The summed E-state index contributed by atoms with van der Waals surface area (Å²) >= 11 is 1.49. The highest BCUT2D eigenvalue weighted by Gasteiger charge is 2.11. The fourth-order valence-corrected chi connectivity index (χ4v) is 2.54. The maximum Gasteiger partial charge on any atom is 0.276 e. The van der Waals surface area contributed by atoms with Crippen LogP contribution in [-0.4, -0.2) is 22.9 Å². The number of carbonyl (C=O) groups is 1. The van der Waals surface area contributed by atoms with Crippen molar-refractivity contribution in [1.29, 1.82) is 0 Å². The highest BCUT2D eigenvalue weighted by molar-refractivity contribution is 7.15. The molecule has 0 aliphatic heterocycles. The summed E-state index contributed by atoms with van der Waals surface area (Å²) in [5, 5.41) is 6.36. The molecule has 0 fully saturated rings. The molecule has 2 N–H and O–H groups in total. The Balaban J connectivity index is 2.11. The molecule has 0 unspecified atom stereocenters. The van der Waals surface area contributed by atoms with Crippen LogP contribution in [0.1, 0.15) is 28.0 Å². The second kappa shape index (κ2) is 5.79.